The zero-order valence-electron chi connectivity index (χ0n) is 18.4. The van der Waals surface area contributed by atoms with Crippen molar-refractivity contribution in [1.29, 1.82) is 0 Å². The Kier molecular flexibility index (Phi) is 8.37. The fourth-order valence-corrected chi connectivity index (χ4v) is 4.65. The quantitative estimate of drug-likeness (QED) is 0.360. The molecule has 0 fully saturated rings. The van der Waals surface area contributed by atoms with Crippen LogP contribution in [-0.4, -0.2) is 36.1 Å². The highest BCUT2D eigenvalue weighted by Gasteiger charge is 2.16. The summed E-state index contributed by atoms with van der Waals surface area (Å²) in [7, 11) is 1.62. The van der Waals surface area contributed by atoms with E-state index in [1.165, 1.54) is 0 Å². The number of amides is 1. The van der Waals surface area contributed by atoms with E-state index >= 15 is 0 Å². The van der Waals surface area contributed by atoms with E-state index in [0.717, 1.165) is 26.9 Å². The van der Waals surface area contributed by atoms with Gasteiger partial charge in [0.2, 0.25) is 0 Å². The molecule has 0 unspecified atom stereocenters. The third kappa shape index (κ3) is 6.24. The van der Waals surface area contributed by atoms with Crippen molar-refractivity contribution in [1.82, 2.24) is 9.88 Å². The highest BCUT2D eigenvalue weighted by atomic mass is 32.2. The Morgan fingerprint density at radius 2 is 1.90 bits per heavy atom. The molecule has 0 aliphatic carbocycles. The summed E-state index contributed by atoms with van der Waals surface area (Å²) in [5, 5.41) is 3.18. The maximum absolute atomic E-state index is 13.1. The number of hydrogen-bond acceptors (Lipinski definition) is 6. The minimum absolute atomic E-state index is 0.0158. The molecule has 2 aromatic carbocycles. The zero-order chi connectivity index (χ0) is 22.2. The third-order valence-electron chi connectivity index (χ3n) is 4.72. The summed E-state index contributed by atoms with van der Waals surface area (Å²) >= 11 is 3.40. The summed E-state index contributed by atoms with van der Waals surface area (Å²) in [6.45, 7) is 7.65. The smallest absolute Gasteiger partial charge is 0.254 e. The van der Waals surface area contributed by atoms with Gasteiger partial charge in [0.15, 0.2) is 11.5 Å². The monoisotopic (exact) mass is 456 g/mol. The number of nitrogens with zero attached hydrogens (tertiary/aromatic N) is 2. The molecule has 1 aromatic heterocycles. The van der Waals surface area contributed by atoms with Crippen molar-refractivity contribution in [2.45, 2.75) is 38.0 Å². The maximum Gasteiger partial charge on any atom is 0.254 e. The SMILES string of the molecule is CCOc1ccc(CN(CC)C(=O)c2ccc(SCc3csc(C)n3)cc2)cc1OC. The first kappa shape index (κ1) is 23.2. The van der Waals surface area contributed by atoms with Gasteiger partial charge in [-0.25, -0.2) is 4.98 Å². The van der Waals surface area contributed by atoms with Gasteiger partial charge in [0.1, 0.15) is 0 Å². The van der Waals surface area contributed by atoms with E-state index in [1.54, 1.807) is 30.2 Å². The predicted octanol–water partition coefficient (Wildman–Crippen LogP) is 5.81. The summed E-state index contributed by atoms with van der Waals surface area (Å²) in [5.41, 5.74) is 2.78. The van der Waals surface area contributed by atoms with E-state index in [1.807, 2.05) is 68.1 Å². The molecule has 0 bridgehead atoms. The molecule has 0 spiro atoms. The second-order valence-electron chi connectivity index (χ2n) is 6.91. The first-order valence-electron chi connectivity index (χ1n) is 10.3. The molecule has 3 aromatic rings. The predicted molar refractivity (Wildman–Crippen MR) is 127 cm³/mol. The van der Waals surface area contributed by atoms with Crippen molar-refractivity contribution in [2.24, 2.45) is 0 Å². The van der Waals surface area contributed by atoms with Crippen molar-refractivity contribution in [3.63, 3.8) is 0 Å². The van der Waals surface area contributed by atoms with E-state index in [-0.39, 0.29) is 5.91 Å². The van der Waals surface area contributed by atoms with Crippen LogP contribution in [0.3, 0.4) is 0 Å². The van der Waals surface area contributed by atoms with Crippen LogP contribution in [0.1, 0.15) is 40.5 Å². The van der Waals surface area contributed by atoms with Gasteiger partial charge in [-0.05, 0) is 62.7 Å². The number of benzene rings is 2. The van der Waals surface area contributed by atoms with Crippen LogP contribution in [-0.2, 0) is 12.3 Å². The van der Waals surface area contributed by atoms with E-state index in [0.29, 0.717) is 36.8 Å². The lowest BCUT2D eigenvalue weighted by Gasteiger charge is -2.22. The Balaban J connectivity index is 1.64. The number of aromatic nitrogens is 1. The van der Waals surface area contributed by atoms with Crippen LogP contribution in [0.5, 0.6) is 11.5 Å². The van der Waals surface area contributed by atoms with Crippen molar-refractivity contribution >= 4 is 29.0 Å². The number of rotatable bonds is 10. The van der Waals surface area contributed by atoms with Crippen LogP contribution in [0, 0.1) is 6.92 Å². The lowest BCUT2D eigenvalue weighted by Crippen LogP contribution is -2.30. The van der Waals surface area contributed by atoms with Crippen molar-refractivity contribution in [3.8, 4) is 11.5 Å². The van der Waals surface area contributed by atoms with E-state index in [4.69, 9.17) is 9.47 Å². The molecule has 31 heavy (non-hydrogen) atoms. The van der Waals surface area contributed by atoms with E-state index < -0.39 is 0 Å². The third-order valence-corrected chi connectivity index (χ3v) is 6.59. The van der Waals surface area contributed by atoms with Crippen molar-refractivity contribution < 1.29 is 14.3 Å². The normalized spacial score (nSPS) is 10.7. The number of carbonyl (C=O) groups excluding carboxylic acids is 1. The molecule has 0 aliphatic heterocycles. The van der Waals surface area contributed by atoms with Gasteiger partial charge in [-0.15, -0.1) is 23.1 Å². The van der Waals surface area contributed by atoms with Crippen molar-refractivity contribution in [2.75, 3.05) is 20.3 Å². The van der Waals surface area contributed by atoms with E-state index in [9.17, 15) is 4.79 Å². The Morgan fingerprint density at radius 3 is 2.52 bits per heavy atom. The van der Waals surface area contributed by atoms with Crippen LogP contribution >= 0.6 is 23.1 Å². The maximum atomic E-state index is 13.1. The summed E-state index contributed by atoms with van der Waals surface area (Å²) in [6.07, 6.45) is 0. The van der Waals surface area contributed by atoms with Gasteiger partial charge in [-0.2, -0.15) is 0 Å². The van der Waals surface area contributed by atoms with Gasteiger partial charge in [0.05, 0.1) is 24.4 Å². The standard InChI is InChI=1S/C24H28N2O3S2/c1-5-26(14-18-7-12-22(29-6-2)23(13-18)28-4)24(27)19-8-10-21(11-9-19)31-16-20-15-30-17(3)25-20/h7-13,15H,5-6,14,16H2,1-4H3. The Morgan fingerprint density at radius 1 is 1.13 bits per heavy atom. The minimum Gasteiger partial charge on any atom is -0.493 e. The molecule has 0 atom stereocenters. The average molecular weight is 457 g/mol. The van der Waals surface area contributed by atoms with Gasteiger partial charge in [0, 0.05) is 34.7 Å². The van der Waals surface area contributed by atoms with Crippen LogP contribution < -0.4 is 9.47 Å². The first-order valence-corrected chi connectivity index (χ1v) is 12.1. The molecule has 0 saturated heterocycles. The second kappa shape index (κ2) is 11.2. The van der Waals surface area contributed by atoms with Crippen LogP contribution in [0.25, 0.3) is 0 Å². The molecular formula is C24H28N2O3S2. The number of ether oxygens (including phenoxy) is 2. The lowest BCUT2D eigenvalue weighted by atomic mass is 10.1. The molecule has 0 N–H and O–H groups in total. The zero-order valence-corrected chi connectivity index (χ0v) is 20.0. The molecule has 7 heteroatoms. The van der Waals surface area contributed by atoms with E-state index in [2.05, 4.69) is 10.4 Å². The Bertz CT molecular complexity index is 1000. The molecule has 1 heterocycles. The highest BCUT2D eigenvalue weighted by molar-refractivity contribution is 7.98. The molecule has 0 radical (unpaired) electrons. The van der Waals surface area contributed by atoms with Crippen LogP contribution in [0.2, 0.25) is 0 Å². The molecule has 5 nitrogen and oxygen atoms in total. The largest absolute Gasteiger partial charge is 0.493 e. The van der Waals surface area contributed by atoms with Gasteiger partial charge >= 0.3 is 0 Å². The number of thioether (sulfide) groups is 1. The van der Waals surface area contributed by atoms with Gasteiger partial charge < -0.3 is 14.4 Å². The Labute approximate surface area is 192 Å². The molecule has 1 amide bonds. The number of thiazole rings is 1. The molecule has 0 saturated carbocycles. The molecule has 0 aliphatic rings. The first-order chi connectivity index (χ1) is 15.0. The highest BCUT2D eigenvalue weighted by Crippen LogP contribution is 2.29. The number of carbonyl (C=O) groups is 1. The van der Waals surface area contributed by atoms with Gasteiger partial charge in [0.25, 0.3) is 5.91 Å². The summed E-state index contributed by atoms with van der Waals surface area (Å²) in [4.78, 5) is 20.5. The van der Waals surface area contributed by atoms with Gasteiger partial charge in [-0.1, -0.05) is 6.07 Å². The fourth-order valence-electron chi connectivity index (χ4n) is 3.14. The molecule has 3 rings (SSSR count). The average Bonchev–Trinajstić information content (AvgIpc) is 3.22. The summed E-state index contributed by atoms with van der Waals surface area (Å²) in [6, 6.07) is 13.6. The van der Waals surface area contributed by atoms with Crippen LogP contribution in [0.4, 0.5) is 0 Å². The summed E-state index contributed by atoms with van der Waals surface area (Å²) < 4.78 is 11.0. The second-order valence-corrected chi connectivity index (χ2v) is 9.02. The number of methoxy groups -OCH3 is 1. The molecular weight excluding hydrogens is 428 g/mol. The minimum atomic E-state index is 0.0158. The topological polar surface area (TPSA) is 51.7 Å². The lowest BCUT2D eigenvalue weighted by molar-refractivity contribution is 0.0752. The summed E-state index contributed by atoms with van der Waals surface area (Å²) in [5.74, 6) is 2.24. The van der Waals surface area contributed by atoms with Crippen molar-refractivity contribution in [3.05, 3.63) is 69.7 Å². The number of hydrogen-bond donors (Lipinski definition) is 0. The number of aryl methyl sites for hydroxylation is 1. The van der Waals surface area contributed by atoms with Gasteiger partial charge in [-0.3, -0.25) is 4.79 Å². The fraction of sp³-hybridized carbons (Fsp3) is 0.333. The Hall–Kier alpha value is -2.51. The molecule has 164 valence electrons. The van der Waals surface area contributed by atoms with Crippen LogP contribution in [0.15, 0.2) is 52.7 Å².